The first-order valence-electron chi connectivity index (χ1n) is 7.08. The third kappa shape index (κ3) is 2.78. The zero-order valence-electron chi connectivity index (χ0n) is 12.5. The van der Waals surface area contributed by atoms with Crippen molar-refractivity contribution in [2.75, 3.05) is 5.32 Å². The van der Waals surface area contributed by atoms with E-state index in [9.17, 15) is 14.7 Å². The van der Waals surface area contributed by atoms with Crippen LogP contribution in [0, 0.1) is 0 Å². The summed E-state index contributed by atoms with van der Waals surface area (Å²) in [4.78, 5) is 27.9. The third-order valence-corrected chi connectivity index (χ3v) is 3.68. The number of aromatic nitrogens is 2. The lowest BCUT2D eigenvalue weighted by molar-refractivity contribution is -0.115. The molecule has 2 aromatic heterocycles. The SMILES string of the molecule is Cn1c(C(=O)O)c(CC(=O)Nc2ccccn2)c2ccccc21. The lowest BCUT2D eigenvalue weighted by atomic mass is 10.1. The molecule has 6 nitrogen and oxygen atoms in total. The highest BCUT2D eigenvalue weighted by Crippen LogP contribution is 2.26. The zero-order valence-corrected chi connectivity index (χ0v) is 12.5. The van der Waals surface area contributed by atoms with E-state index in [-0.39, 0.29) is 18.0 Å². The Morgan fingerprint density at radius 2 is 1.91 bits per heavy atom. The summed E-state index contributed by atoms with van der Waals surface area (Å²) < 4.78 is 1.60. The Balaban J connectivity index is 1.97. The summed E-state index contributed by atoms with van der Waals surface area (Å²) in [7, 11) is 1.69. The van der Waals surface area contributed by atoms with Crippen molar-refractivity contribution in [3.63, 3.8) is 0 Å². The summed E-state index contributed by atoms with van der Waals surface area (Å²) in [6.07, 6.45) is 1.55. The third-order valence-electron chi connectivity index (χ3n) is 3.68. The van der Waals surface area contributed by atoms with Crippen molar-refractivity contribution in [1.82, 2.24) is 9.55 Å². The van der Waals surface area contributed by atoms with Gasteiger partial charge in [0.2, 0.25) is 5.91 Å². The molecule has 0 unspecified atom stereocenters. The van der Waals surface area contributed by atoms with Crippen LogP contribution in [-0.2, 0) is 18.3 Å². The van der Waals surface area contributed by atoms with Crippen LogP contribution < -0.4 is 5.32 Å². The van der Waals surface area contributed by atoms with Gasteiger partial charge in [-0.2, -0.15) is 0 Å². The fraction of sp³-hybridized carbons (Fsp3) is 0.118. The standard InChI is InChI=1S/C17H15N3O3/c1-20-13-7-3-2-6-11(13)12(16(20)17(22)23)10-15(21)19-14-8-4-5-9-18-14/h2-9H,10H2,1H3,(H,22,23)(H,18,19,21). The quantitative estimate of drug-likeness (QED) is 0.775. The molecule has 2 N–H and O–H groups in total. The Morgan fingerprint density at radius 3 is 2.61 bits per heavy atom. The molecule has 0 radical (unpaired) electrons. The van der Waals surface area contributed by atoms with Crippen LogP contribution in [0.4, 0.5) is 5.82 Å². The maximum Gasteiger partial charge on any atom is 0.352 e. The predicted molar refractivity (Wildman–Crippen MR) is 86.4 cm³/mol. The molecule has 0 saturated heterocycles. The van der Waals surface area contributed by atoms with Crippen molar-refractivity contribution < 1.29 is 14.7 Å². The summed E-state index contributed by atoms with van der Waals surface area (Å²) >= 11 is 0. The van der Waals surface area contributed by atoms with Gasteiger partial charge >= 0.3 is 5.97 Å². The Kier molecular flexibility index (Phi) is 3.80. The number of carbonyl (C=O) groups is 2. The molecule has 3 aromatic rings. The molecule has 0 aliphatic heterocycles. The molecular weight excluding hydrogens is 294 g/mol. The monoisotopic (exact) mass is 309 g/mol. The molecule has 116 valence electrons. The molecule has 6 heteroatoms. The maximum atomic E-state index is 12.3. The Bertz CT molecular complexity index is 885. The Labute approximate surface area is 132 Å². The maximum absolute atomic E-state index is 12.3. The van der Waals surface area contributed by atoms with Crippen LogP contribution in [0.25, 0.3) is 10.9 Å². The van der Waals surface area contributed by atoms with Crippen LogP contribution in [0.5, 0.6) is 0 Å². The Hall–Kier alpha value is -3.15. The summed E-state index contributed by atoms with van der Waals surface area (Å²) in [6.45, 7) is 0. The van der Waals surface area contributed by atoms with E-state index in [4.69, 9.17) is 0 Å². The van der Waals surface area contributed by atoms with E-state index in [0.717, 1.165) is 10.9 Å². The van der Waals surface area contributed by atoms with Crippen LogP contribution in [-0.4, -0.2) is 26.5 Å². The van der Waals surface area contributed by atoms with Gasteiger partial charge in [0.15, 0.2) is 0 Å². The second-order valence-electron chi connectivity index (χ2n) is 5.15. The number of aromatic carboxylic acids is 1. The zero-order chi connectivity index (χ0) is 16.4. The van der Waals surface area contributed by atoms with Crippen molar-refractivity contribution in [2.45, 2.75) is 6.42 Å². The lowest BCUT2D eigenvalue weighted by Gasteiger charge is -2.05. The number of aryl methyl sites for hydroxylation is 1. The van der Waals surface area contributed by atoms with Gasteiger partial charge in [-0.05, 0) is 18.2 Å². The number of pyridine rings is 1. The number of benzene rings is 1. The number of nitrogens with one attached hydrogen (secondary N) is 1. The van der Waals surface area contributed by atoms with Gasteiger partial charge < -0.3 is 15.0 Å². The number of fused-ring (bicyclic) bond motifs is 1. The topological polar surface area (TPSA) is 84.2 Å². The minimum absolute atomic E-state index is 0.0282. The van der Waals surface area contributed by atoms with E-state index in [1.807, 2.05) is 24.3 Å². The van der Waals surface area contributed by atoms with Crippen LogP contribution in [0.3, 0.4) is 0 Å². The number of nitrogens with zero attached hydrogens (tertiary/aromatic N) is 2. The van der Waals surface area contributed by atoms with Gasteiger partial charge in [-0.3, -0.25) is 4.79 Å². The van der Waals surface area contributed by atoms with E-state index in [1.165, 1.54) is 0 Å². The number of carboxylic acids is 1. The molecule has 0 aliphatic rings. The van der Waals surface area contributed by atoms with Gasteiger partial charge in [0, 0.05) is 29.7 Å². The first-order valence-corrected chi connectivity index (χ1v) is 7.08. The van der Waals surface area contributed by atoms with E-state index in [2.05, 4.69) is 10.3 Å². The van der Waals surface area contributed by atoms with E-state index in [1.54, 1.807) is 36.0 Å². The van der Waals surface area contributed by atoms with Crippen molar-refractivity contribution >= 4 is 28.6 Å². The number of carboxylic acid groups (broad SMARTS) is 1. The number of anilines is 1. The first-order chi connectivity index (χ1) is 11.1. The molecular formula is C17H15N3O3. The summed E-state index contributed by atoms with van der Waals surface area (Å²) in [5, 5.41) is 12.9. The normalized spacial score (nSPS) is 10.7. The molecule has 1 amide bonds. The average Bonchev–Trinajstić information content (AvgIpc) is 2.81. The van der Waals surface area contributed by atoms with Crippen molar-refractivity contribution in [2.24, 2.45) is 7.05 Å². The van der Waals surface area contributed by atoms with E-state index >= 15 is 0 Å². The summed E-state index contributed by atoms with van der Waals surface area (Å²) in [6, 6.07) is 12.5. The molecule has 23 heavy (non-hydrogen) atoms. The molecule has 1 aromatic carbocycles. The molecule has 3 rings (SSSR count). The number of rotatable bonds is 4. The van der Waals surface area contributed by atoms with Gasteiger partial charge in [0.25, 0.3) is 0 Å². The molecule has 2 heterocycles. The molecule has 0 saturated carbocycles. The van der Waals surface area contributed by atoms with Crippen LogP contribution in [0.15, 0.2) is 48.7 Å². The van der Waals surface area contributed by atoms with Crippen LogP contribution in [0.2, 0.25) is 0 Å². The van der Waals surface area contributed by atoms with Crippen molar-refractivity contribution in [3.05, 3.63) is 59.9 Å². The number of carbonyl (C=O) groups excluding carboxylic acids is 1. The molecule has 0 bridgehead atoms. The van der Waals surface area contributed by atoms with Crippen molar-refractivity contribution in [1.29, 1.82) is 0 Å². The molecule has 0 atom stereocenters. The lowest BCUT2D eigenvalue weighted by Crippen LogP contribution is -2.17. The van der Waals surface area contributed by atoms with Gasteiger partial charge in [-0.15, -0.1) is 0 Å². The van der Waals surface area contributed by atoms with Crippen LogP contribution >= 0.6 is 0 Å². The van der Waals surface area contributed by atoms with Gasteiger partial charge in [-0.25, -0.2) is 9.78 Å². The predicted octanol–water partition coefficient (Wildman–Crippen LogP) is 2.45. The minimum atomic E-state index is -1.05. The highest BCUT2D eigenvalue weighted by atomic mass is 16.4. The summed E-state index contributed by atoms with van der Waals surface area (Å²) in [5.41, 5.74) is 1.41. The summed E-state index contributed by atoms with van der Waals surface area (Å²) in [5.74, 6) is -0.915. The fourth-order valence-electron chi connectivity index (χ4n) is 2.71. The Morgan fingerprint density at radius 1 is 1.17 bits per heavy atom. The van der Waals surface area contributed by atoms with E-state index < -0.39 is 5.97 Å². The minimum Gasteiger partial charge on any atom is -0.477 e. The molecule has 0 fully saturated rings. The van der Waals surface area contributed by atoms with E-state index in [0.29, 0.717) is 11.4 Å². The highest BCUT2D eigenvalue weighted by molar-refractivity contribution is 6.02. The molecule has 0 spiro atoms. The van der Waals surface area contributed by atoms with Crippen LogP contribution in [0.1, 0.15) is 16.1 Å². The fourth-order valence-corrected chi connectivity index (χ4v) is 2.71. The van der Waals surface area contributed by atoms with Gasteiger partial charge in [0.05, 0.1) is 6.42 Å². The number of hydrogen-bond donors (Lipinski definition) is 2. The first kappa shape index (κ1) is 14.8. The van der Waals surface area contributed by atoms with Crippen molar-refractivity contribution in [3.8, 4) is 0 Å². The second kappa shape index (κ2) is 5.92. The smallest absolute Gasteiger partial charge is 0.352 e. The number of hydrogen-bond acceptors (Lipinski definition) is 3. The highest BCUT2D eigenvalue weighted by Gasteiger charge is 2.22. The average molecular weight is 309 g/mol. The second-order valence-corrected chi connectivity index (χ2v) is 5.15. The molecule has 0 aliphatic carbocycles. The van der Waals surface area contributed by atoms with Gasteiger partial charge in [0.1, 0.15) is 11.5 Å². The number of para-hydroxylation sites is 1. The largest absolute Gasteiger partial charge is 0.477 e. The van der Waals surface area contributed by atoms with Gasteiger partial charge in [-0.1, -0.05) is 24.3 Å². The number of amides is 1.